The highest BCUT2D eigenvalue weighted by Gasteiger charge is 1.93. The summed E-state index contributed by atoms with van der Waals surface area (Å²) in [6.07, 6.45) is 1.45. The Balaban J connectivity index is 2.70. The van der Waals surface area contributed by atoms with Crippen molar-refractivity contribution in [3.8, 4) is 0 Å². The van der Waals surface area contributed by atoms with Crippen LogP contribution in [-0.2, 0) is 0 Å². The molecule has 4 N–H and O–H groups in total. The summed E-state index contributed by atoms with van der Waals surface area (Å²) in [5.41, 5.74) is 8.58. The molecule has 0 fully saturated rings. The van der Waals surface area contributed by atoms with E-state index in [1.165, 1.54) is 25.4 Å². The molecule has 7 heteroatoms. The summed E-state index contributed by atoms with van der Waals surface area (Å²) in [5, 5.41) is 22.8. The van der Waals surface area contributed by atoms with E-state index in [0.717, 1.165) is 0 Å². The van der Waals surface area contributed by atoms with Gasteiger partial charge < -0.3 is 16.2 Å². The fraction of sp³-hybridized carbons (Fsp3) is 0.111. The molecule has 86 valence electrons. The molecule has 0 spiro atoms. The fourth-order valence-corrected chi connectivity index (χ4v) is 0.947. The summed E-state index contributed by atoms with van der Waals surface area (Å²) in [6, 6.07) is 6.28. The zero-order valence-electron chi connectivity index (χ0n) is 8.66. The van der Waals surface area contributed by atoms with Gasteiger partial charge >= 0.3 is 0 Å². The number of benzene rings is 1. The first-order chi connectivity index (χ1) is 7.63. The molecule has 0 amide bonds. The highest BCUT2D eigenvalue weighted by Crippen LogP contribution is 2.11. The molecule has 0 aromatic heterocycles. The van der Waals surface area contributed by atoms with E-state index in [1.807, 2.05) is 0 Å². The number of nitrogens with two attached hydrogens (primary N) is 1. The van der Waals surface area contributed by atoms with Gasteiger partial charge in [0.05, 0.1) is 11.9 Å². The van der Waals surface area contributed by atoms with Gasteiger partial charge in [-0.05, 0) is 17.7 Å². The number of hydrazone groups is 1. The van der Waals surface area contributed by atoms with Crippen molar-refractivity contribution in [1.82, 2.24) is 5.43 Å². The molecule has 1 rings (SSSR count). The van der Waals surface area contributed by atoms with Crippen molar-refractivity contribution in [2.45, 2.75) is 0 Å². The van der Waals surface area contributed by atoms with Crippen LogP contribution in [0.25, 0.3) is 0 Å². The van der Waals surface area contributed by atoms with Gasteiger partial charge in [0.1, 0.15) is 0 Å². The van der Waals surface area contributed by atoms with Crippen LogP contribution in [0.2, 0.25) is 0 Å². The van der Waals surface area contributed by atoms with Crippen LogP contribution < -0.4 is 16.4 Å². The Morgan fingerprint density at radius 2 is 2.38 bits per heavy atom. The van der Waals surface area contributed by atoms with E-state index in [0.29, 0.717) is 5.56 Å². The Hall–Kier alpha value is -2.12. The lowest BCUT2D eigenvalue weighted by molar-refractivity contribution is 0.296. The largest absolute Gasteiger partial charge is 0.733 e. The third kappa shape index (κ3) is 3.56. The van der Waals surface area contributed by atoms with Crippen molar-refractivity contribution in [2.75, 3.05) is 12.3 Å². The Bertz CT molecular complexity index is 403. The molecule has 0 aliphatic heterocycles. The highest BCUT2D eigenvalue weighted by atomic mass is 16.8. The number of aliphatic imine (C=N–C) groups is 1. The Kier molecular flexibility index (Phi) is 4.25. The third-order valence-electron chi connectivity index (χ3n) is 1.72. The van der Waals surface area contributed by atoms with Gasteiger partial charge in [-0.3, -0.25) is 10.2 Å². The van der Waals surface area contributed by atoms with E-state index in [-0.39, 0.29) is 16.9 Å². The van der Waals surface area contributed by atoms with Crippen LogP contribution in [0.5, 0.6) is 0 Å². The van der Waals surface area contributed by atoms with Crippen LogP contribution in [0.1, 0.15) is 5.56 Å². The number of anilines is 1. The maximum absolute atomic E-state index is 10.6. The third-order valence-corrected chi connectivity index (χ3v) is 1.72. The molecule has 16 heavy (non-hydrogen) atoms. The number of guanidine groups is 1. The molecule has 0 aliphatic rings. The average molecular weight is 222 g/mol. The number of hydrogen-bond acceptors (Lipinski definition) is 5. The summed E-state index contributed by atoms with van der Waals surface area (Å²) >= 11 is 0. The fourth-order valence-electron chi connectivity index (χ4n) is 0.947. The first kappa shape index (κ1) is 12.0. The zero-order valence-corrected chi connectivity index (χ0v) is 8.66. The zero-order chi connectivity index (χ0) is 12.0. The molecule has 0 radical (unpaired) electrons. The molecule has 1 aromatic carbocycles. The van der Waals surface area contributed by atoms with Crippen LogP contribution >= 0.6 is 0 Å². The number of nitrogens with zero attached hydrogens (tertiary/aromatic N) is 3. The molecular formula is C9H12N5O2-. The SMILES string of the molecule is CN=C(N)N/N=C/c1cccc(N([O-])O)c1. The first-order valence-corrected chi connectivity index (χ1v) is 4.41. The van der Waals surface area contributed by atoms with Crippen LogP contribution in [0.4, 0.5) is 5.69 Å². The van der Waals surface area contributed by atoms with E-state index in [1.54, 1.807) is 12.1 Å². The lowest BCUT2D eigenvalue weighted by atomic mass is 10.2. The average Bonchev–Trinajstić information content (AvgIpc) is 2.29. The van der Waals surface area contributed by atoms with Gasteiger partial charge in [-0.2, -0.15) is 5.10 Å². The Morgan fingerprint density at radius 1 is 1.62 bits per heavy atom. The van der Waals surface area contributed by atoms with Crippen molar-refractivity contribution in [3.05, 3.63) is 35.0 Å². The minimum Gasteiger partial charge on any atom is -0.733 e. The van der Waals surface area contributed by atoms with Crippen molar-refractivity contribution >= 4 is 17.9 Å². The van der Waals surface area contributed by atoms with Gasteiger partial charge in [0, 0.05) is 7.05 Å². The molecule has 0 saturated heterocycles. The molecule has 0 aliphatic carbocycles. The van der Waals surface area contributed by atoms with Crippen molar-refractivity contribution in [3.63, 3.8) is 0 Å². The monoisotopic (exact) mass is 222 g/mol. The van der Waals surface area contributed by atoms with Crippen LogP contribution in [0.15, 0.2) is 34.4 Å². The molecule has 0 saturated carbocycles. The van der Waals surface area contributed by atoms with E-state index in [2.05, 4.69) is 15.5 Å². The van der Waals surface area contributed by atoms with Gasteiger partial charge in [0.25, 0.3) is 0 Å². The summed E-state index contributed by atoms with van der Waals surface area (Å²) in [5.74, 6) is 0.181. The second-order valence-corrected chi connectivity index (χ2v) is 2.85. The lowest BCUT2D eigenvalue weighted by Gasteiger charge is -2.21. The van der Waals surface area contributed by atoms with Gasteiger partial charge in [-0.1, -0.05) is 12.1 Å². The normalized spacial score (nSPS) is 11.8. The van der Waals surface area contributed by atoms with Gasteiger partial charge in [-0.25, -0.2) is 5.43 Å². The van der Waals surface area contributed by atoms with E-state index in [4.69, 9.17) is 10.9 Å². The molecule has 7 nitrogen and oxygen atoms in total. The van der Waals surface area contributed by atoms with Crippen molar-refractivity contribution in [1.29, 1.82) is 0 Å². The van der Waals surface area contributed by atoms with E-state index < -0.39 is 0 Å². The van der Waals surface area contributed by atoms with Crippen molar-refractivity contribution < 1.29 is 5.21 Å². The standard InChI is InChI=1S/C9H12N5O2/c1-11-9(10)13-12-6-7-3-2-4-8(5-7)14(15)16/h2-6,15H,1H3,(H3,10,11,13)/q-1/b12-6+. The molecular weight excluding hydrogens is 210 g/mol. The highest BCUT2D eigenvalue weighted by molar-refractivity contribution is 5.84. The minimum atomic E-state index is -0.216. The smallest absolute Gasteiger partial charge is 0.209 e. The molecule has 0 bridgehead atoms. The number of hydrogen-bond donors (Lipinski definition) is 3. The molecule has 1 aromatic rings. The quantitative estimate of drug-likeness (QED) is 0.386. The van der Waals surface area contributed by atoms with Gasteiger partial charge in [0.2, 0.25) is 5.96 Å². The first-order valence-electron chi connectivity index (χ1n) is 4.41. The maximum atomic E-state index is 10.6. The summed E-state index contributed by atoms with van der Waals surface area (Å²) < 4.78 is 0. The number of nitrogens with one attached hydrogen (secondary N) is 1. The second-order valence-electron chi connectivity index (χ2n) is 2.85. The van der Waals surface area contributed by atoms with Gasteiger partial charge in [-0.15, -0.1) is 0 Å². The summed E-state index contributed by atoms with van der Waals surface area (Å²) in [7, 11) is 1.53. The molecule has 0 atom stereocenters. The number of rotatable bonds is 3. The van der Waals surface area contributed by atoms with E-state index in [9.17, 15) is 5.21 Å². The topological polar surface area (TPSA) is 109 Å². The lowest BCUT2D eigenvalue weighted by Crippen LogP contribution is -2.26. The summed E-state index contributed by atoms with van der Waals surface area (Å²) in [6.45, 7) is 0. The molecule has 0 unspecified atom stereocenters. The Labute approximate surface area is 92.4 Å². The van der Waals surface area contributed by atoms with Crippen LogP contribution in [0.3, 0.4) is 0 Å². The van der Waals surface area contributed by atoms with E-state index >= 15 is 0 Å². The summed E-state index contributed by atoms with van der Waals surface area (Å²) in [4.78, 5) is 3.64. The van der Waals surface area contributed by atoms with Crippen LogP contribution in [-0.4, -0.2) is 24.4 Å². The maximum Gasteiger partial charge on any atom is 0.209 e. The van der Waals surface area contributed by atoms with Crippen LogP contribution in [0, 0.1) is 5.21 Å². The van der Waals surface area contributed by atoms with Crippen molar-refractivity contribution in [2.24, 2.45) is 15.8 Å². The second kappa shape index (κ2) is 5.69. The predicted molar refractivity (Wildman–Crippen MR) is 62.4 cm³/mol. The van der Waals surface area contributed by atoms with Gasteiger partial charge in [0.15, 0.2) is 0 Å². The molecule has 0 heterocycles. The predicted octanol–water partition coefficient (Wildman–Crippen LogP) is 0.248. The Morgan fingerprint density at radius 3 is 3.00 bits per heavy atom. The minimum absolute atomic E-state index is 0.126.